The van der Waals surface area contributed by atoms with Crippen molar-refractivity contribution in [1.82, 2.24) is 5.32 Å². The maximum atomic E-state index is 13.5. The Morgan fingerprint density at radius 2 is 1.67 bits per heavy atom. The molecule has 3 rings (SSSR count). The summed E-state index contributed by atoms with van der Waals surface area (Å²) >= 11 is 0. The molecule has 8 nitrogen and oxygen atoms in total. The Balaban J connectivity index is 1.78. The molecule has 0 aliphatic heterocycles. The Bertz CT molecular complexity index is 970. The molecule has 0 saturated heterocycles. The fraction of sp³-hybridized carbons (Fsp3) is 0.400. The number of alkyl carbamates (subject to hydrolysis) is 1. The first kappa shape index (κ1) is 24.3. The van der Waals surface area contributed by atoms with E-state index in [9.17, 15) is 14.4 Å². The van der Waals surface area contributed by atoms with E-state index in [2.05, 4.69) is 10.1 Å². The summed E-state index contributed by atoms with van der Waals surface area (Å²) in [6.45, 7) is -0.256. The van der Waals surface area contributed by atoms with Crippen LogP contribution in [-0.2, 0) is 19.7 Å². The van der Waals surface area contributed by atoms with Gasteiger partial charge in [0.15, 0.2) is 5.78 Å². The van der Waals surface area contributed by atoms with Gasteiger partial charge in [0.05, 0.1) is 25.8 Å². The van der Waals surface area contributed by atoms with E-state index in [0.29, 0.717) is 37.0 Å². The van der Waals surface area contributed by atoms with Gasteiger partial charge in [-0.25, -0.2) is 4.79 Å². The summed E-state index contributed by atoms with van der Waals surface area (Å²) in [6.07, 6.45) is 1.18. The average Bonchev–Trinajstić information content (AvgIpc) is 2.87. The first-order valence-corrected chi connectivity index (χ1v) is 10.9. The normalized spacial score (nSPS) is 20.9. The Morgan fingerprint density at radius 3 is 2.30 bits per heavy atom. The number of para-hydroxylation sites is 1. The molecule has 1 aliphatic rings. The van der Waals surface area contributed by atoms with Crippen LogP contribution in [0.1, 0.15) is 41.6 Å². The molecule has 0 spiro atoms. The number of nitrogens with two attached hydrogens (primary N) is 1. The number of rotatable bonds is 8. The van der Waals surface area contributed by atoms with Crippen molar-refractivity contribution in [2.75, 3.05) is 20.8 Å². The van der Waals surface area contributed by atoms with Crippen molar-refractivity contribution in [1.29, 1.82) is 0 Å². The molecule has 176 valence electrons. The lowest BCUT2D eigenvalue weighted by molar-refractivity contribution is -0.139. The number of ether oxygens (including phenoxy) is 3. The Kier molecular flexibility index (Phi) is 8.06. The largest absolute Gasteiger partial charge is 0.496 e. The summed E-state index contributed by atoms with van der Waals surface area (Å²) < 4.78 is 15.4. The fourth-order valence-electron chi connectivity index (χ4n) is 4.45. The monoisotopic (exact) mass is 454 g/mol. The topological polar surface area (TPSA) is 117 Å². The Hall–Kier alpha value is -3.39. The van der Waals surface area contributed by atoms with Gasteiger partial charge in [-0.15, -0.1) is 0 Å². The number of amides is 1. The molecule has 3 N–H and O–H groups in total. The quantitative estimate of drug-likeness (QED) is 0.465. The summed E-state index contributed by atoms with van der Waals surface area (Å²) in [7, 11) is 2.77. The fourth-order valence-corrected chi connectivity index (χ4v) is 4.45. The number of esters is 1. The number of methoxy groups -OCH3 is 2. The van der Waals surface area contributed by atoms with Crippen molar-refractivity contribution in [3.8, 4) is 5.75 Å². The second-order valence-corrected chi connectivity index (χ2v) is 8.10. The van der Waals surface area contributed by atoms with Crippen LogP contribution >= 0.6 is 0 Å². The molecule has 1 saturated carbocycles. The average molecular weight is 455 g/mol. The van der Waals surface area contributed by atoms with Crippen molar-refractivity contribution in [2.24, 2.45) is 5.73 Å². The van der Waals surface area contributed by atoms with E-state index in [1.165, 1.54) is 14.2 Å². The van der Waals surface area contributed by atoms with E-state index in [-0.39, 0.29) is 18.4 Å². The van der Waals surface area contributed by atoms with Crippen LogP contribution in [0.4, 0.5) is 4.79 Å². The summed E-state index contributed by atoms with van der Waals surface area (Å²) in [5, 5.41) is 2.38. The molecule has 0 radical (unpaired) electrons. The highest BCUT2D eigenvalue weighted by Gasteiger charge is 2.46. The third-order valence-corrected chi connectivity index (χ3v) is 6.30. The molecule has 0 bridgehead atoms. The van der Waals surface area contributed by atoms with Gasteiger partial charge in [0, 0.05) is 5.41 Å². The van der Waals surface area contributed by atoms with Crippen LogP contribution < -0.4 is 15.8 Å². The van der Waals surface area contributed by atoms with Gasteiger partial charge in [0.1, 0.15) is 18.4 Å². The highest BCUT2D eigenvalue weighted by atomic mass is 16.6. The Morgan fingerprint density at radius 1 is 1.03 bits per heavy atom. The van der Waals surface area contributed by atoms with E-state index in [4.69, 9.17) is 15.2 Å². The zero-order valence-electron chi connectivity index (χ0n) is 18.9. The molecule has 2 aromatic rings. The van der Waals surface area contributed by atoms with E-state index in [0.717, 1.165) is 5.56 Å². The number of hydrogen-bond acceptors (Lipinski definition) is 7. The van der Waals surface area contributed by atoms with Crippen molar-refractivity contribution in [3.63, 3.8) is 0 Å². The summed E-state index contributed by atoms with van der Waals surface area (Å²) in [5.41, 5.74) is 7.50. The third-order valence-electron chi connectivity index (χ3n) is 6.30. The lowest BCUT2D eigenvalue weighted by atomic mass is 9.63. The van der Waals surface area contributed by atoms with Gasteiger partial charge >= 0.3 is 12.1 Å². The molecular formula is C25H30N2O6. The van der Waals surface area contributed by atoms with Crippen molar-refractivity contribution >= 4 is 17.8 Å². The van der Waals surface area contributed by atoms with Crippen LogP contribution in [-0.4, -0.2) is 50.8 Å². The Labute approximate surface area is 193 Å². The maximum absolute atomic E-state index is 13.5. The van der Waals surface area contributed by atoms with Crippen molar-refractivity contribution in [2.45, 2.75) is 43.2 Å². The molecule has 0 heterocycles. The number of hydrogen-bond donors (Lipinski definition) is 2. The van der Waals surface area contributed by atoms with Crippen LogP contribution in [0.5, 0.6) is 5.75 Å². The molecule has 0 aromatic heterocycles. The molecule has 1 amide bonds. The minimum Gasteiger partial charge on any atom is -0.496 e. The van der Waals surface area contributed by atoms with E-state index < -0.39 is 23.5 Å². The zero-order chi connectivity index (χ0) is 23.8. The molecule has 1 aliphatic carbocycles. The van der Waals surface area contributed by atoms with Gasteiger partial charge in [0.2, 0.25) is 0 Å². The van der Waals surface area contributed by atoms with Crippen molar-refractivity contribution in [3.05, 3.63) is 65.7 Å². The van der Waals surface area contributed by atoms with Gasteiger partial charge in [-0.05, 0) is 43.4 Å². The molecule has 8 heteroatoms. The van der Waals surface area contributed by atoms with E-state index in [1.54, 1.807) is 18.2 Å². The molecular weight excluding hydrogens is 424 g/mol. The standard InChI is InChI=1S/C25H30N2O6/c1-31-20-11-7-6-10-19(20)22(29)23(26)25(17-8-4-3-5-9-17)14-12-18(13-15-25)33-24(30)27-16-21(28)32-2/h3-11,18,23H,12-16,26H2,1-2H3,(H,27,30). The van der Waals surface area contributed by atoms with Gasteiger partial charge < -0.3 is 25.3 Å². The first-order valence-electron chi connectivity index (χ1n) is 10.9. The molecule has 33 heavy (non-hydrogen) atoms. The number of nitrogens with one attached hydrogen (secondary N) is 1. The molecule has 1 unspecified atom stereocenters. The summed E-state index contributed by atoms with van der Waals surface area (Å²) in [6, 6.07) is 16.0. The summed E-state index contributed by atoms with van der Waals surface area (Å²) in [4.78, 5) is 36.7. The smallest absolute Gasteiger partial charge is 0.407 e. The third kappa shape index (κ3) is 5.51. The highest BCUT2D eigenvalue weighted by molar-refractivity contribution is 6.03. The van der Waals surface area contributed by atoms with E-state index >= 15 is 0 Å². The number of carbonyl (C=O) groups excluding carboxylic acids is 3. The molecule has 1 fully saturated rings. The first-order chi connectivity index (χ1) is 15.9. The SMILES string of the molecule is COC(=O)CNC(=O)OC1CCC(c2ccccc2)(C(N)C(=O)c2ccccc2OC)CC1. The lowest BCUT2D eigenvalue weighted by Gasteiger charge is -2.43. The summed E-state index contributed by atoms with van der Waals surface area (Å²) in [5.74, 6) is -0.258. The lowest BCUT2D eigenvalue weighted by Crippen LogP contribution is -2.53. The van der Waals surface area contributed by atoms with Crippen molar-refractivity contribution < 1.29 is 28.6 Å². The molecule has 1 atom stereocenters. The predicted molar refractivity (Wildman–Crippen MR) is 122 cm³/mol. The van der Waals surface area contributed by atoms with Crippen LogP contribution in [0.25, 0.3) is 0 Å². The predicted octanol–water partition coefficient (Wildman–Crippen LogP) is 2.99. The number of ketones is 1. The number of Topliss-reactive ketones (excluding diaryl/α,β-unsaturated/α-hetero) is 1. The number of carbonyl (C=O) groups is 3. The van der Waals surface area contributed by atoms with E-state index in [1.807, 2.05) is 36.4 Å². The van der Waals surface area contributed by atoms with Gasteiger partial charge in [-0.1, -0.05) is 42.5 Å². The second-order valence-electron chi connectivity index (χ2n) is 8.10. The van der Waals surface area contributed by atoms with Gasteiger partial charge in [0.25, 0.3) is 0 Å². The van der Waals surface area contributed by atoms with Gasteiger partial charge in [-0.3, -0.25) is 9.59 Å². The maximum Gasteiger partial charge on any atom is 0.407 e. The molecule has 2 aromatic carbocycles. The zero-order valence-corrected chi connectivity index (χ0v) is 18.9. The minimum absolute atomic E-state index is 0.188. The second kappa shape index (κ2) is 11.0. The minimum atomic E-state index is -0.801. The van der Waals surface area contributed by atoms with Gasteiger partial charge in [-0.2, -0.15) is 0 Å². The van der Waals surface area contributed by atoms with Crippen LogP contribution in [0, 0.1) is 0 Å². The van der Waals surface area contributed by atoms with Crippen LogP contribution in [0.3, 0.4) is 0 Å². The highest BCUT2D eigenvalue weighted by Crippen LogP contribution is 2.43. The van der Waals surface area contributed by atoms with Crippen LogP contribution in [0.15, 0.2) is 54.6 Å². The number of benzene rings is 2. The van der Waals surface area contributed by atoms with Crippen LogP contribution in [0.2, 0.25) is 0 Å².